The standard InChI is InChI=1S/C14H16F2NO5P/c1-2-22-23(21,14(15)16)8-9(18)7-17-12(19)10-5-3-4-6-11(10)13(17)20/h3-6,9,14,18H,2,7-8H2,1H3. The van der Waals surface area contributed by atoms with Crippen molar-refractivity contribution in [1.82, 2.24) is 4.90 Å². The van der Waals surface area contributed by atoms with Gasteiger partial charge in [-0.2, -0.15) is 8.78 Å². The molecule has 126 valence electrons. The van der Waals surface area contributed by atoms with Crippen LogP contribution in [0.3, 0.4) is 0 Å². The fourth-order valence-corrected chi connectivity index (χ4v) is 3.89. The van der Waals surface area contributed by atoms with Crippen molar-refractivity contribution in [2.45, 2.75) is 19.2 Å². The number of halogens is 2. The van der Waals surface area contributed by atoms with Crippen LogP contribution in [0.5, 0.6) is 0 Å². The number of amides is 2. The number of nitrogens with zero attached hydrogens (tertiary/aromatic N) is 1. The molecular formula is C14H16F2NO5P. The molecule has 0 aliphatic carbocycles. The highest BCUT2D eigenvalue weighted by Gasteiger charge is 2.40. The van der Waals surface area contributed by atoms with Gasteiger partial charge in [-0.25, -0.2) is 0 Å². The first-order valence-corrected chi connectivity index (χ1v) is 8.82. The predicted octanol–water partition coefficient (Wildman–Crippen LogP) is 2.18. The second-order valence-corrected chi connectivity index (χ2v) is 7.49. The van der Waals surface area contributed by atoms with Crippen molar-refractivity contribution >= 4 is 19.2 Å². The van der Waals surface area contributed by atoms with Crippen molar-refractivity contribution in [3.05, 3.63) is 35.4 Å². The molecule has 1 heterocycles. The van der Waals surface area contributed by atoms with E-state index in [9.17, 15) is 28.0 Å². The van der Waals surface area contributed by atoms with Crippen LogP contribution >= 0.6 is 7.37 Å². The van der Waals surface area contributed by atoms with Crippen molar-refractivity contribution in [2.75, 3.05) is 19.3 Å². The van der Waals surface area contributed by atoms with E-state index in [0.29, 0.717) is 0 Å². The molecule has 0 saturated carbocycles. The van der Waals surface area contributed by atoms with Gasteiger partial charge in [0.25, 0.3) is 19.2 Å². The minimum Gasteiger partial charge on any atom is -0.391 e. The first-order valence-electron chi connectivity index (χ1n) is 6.95. The van der Waals surface area contributed by atoms with E-state index in [1.165, 1.54) is 19.1 Å². The van der Waals surface area contributed by atoms with Crippen LogP contribution in [-0.2, 0) is 9.09 Å². The van der Waals surface area contributed by atoms with Gasteiger partial charge in [-0.3, -0.25) is 19.1 Å². The van der Waals surface area contributed by atoms with Gasteiger partial charge in [0.15, 0.2) is 0 Å². The van der Waals surface area contributed by atoms with Gasteiger partial charge in [0.1, 0.15) is 0 Å². The molecule has 9 heteroatoms. The van der Waals surface area contributed by atoms with Gasteiger partial charge < -0.3 is 9.63 Å². The third kappa shape index (κ3) is 3.49. The number of hydrogen-bond acceptors (Lipinski definition) is 5. The molecule has 1 N–H and O–H groups in total. The third-order valence-electron chi connectivity index (χ3n) is 3.38. The van der Waals surface area contributed by atoms with Crippen LogP contribution in [0.4, 0.5) is 8.78 Å². The van der Waals surface area contributed by atoms with E-state index in [1.807, 2.05) is 0 Å². The van der Waals surface area contributed by atoms with Crippen LogP contribution in [0.2, 0.25) is 0 Å². The Balaban J connectivity index is 2.10. The van der Waals surface area contributed by atoms with Gasteiger partial charge >= 0.3 is 6.17 Å². The highest BCUT2D eigenvalue weighted by Crippen LogP contribution is 2.53. The lowest BCUT2D eigenvalue weighted by molar-refractivity contribution is 0.0560. The lowest BCUT2D eigenvalue weighted by atomic mass is 10.1. The topological polar surface area (TPSA) is 83.9 Å². The van der Waals surface area contributed by atoms with Crippen molar-refractivity contribution in [1.29, 1.82) is 0 Å². The van der Waals surface area contributed by atoms with E-state index in [-0.39, 0.29) is 17.7 Å². The zero-order chi connectivity index (χ0) is 17.2. The Labute approximate surface area is 131 Å². The Morgan fingerprint density at radius 3 is 2.17 bits per heavy atom. The molecule has 1 aliphatic rings. The Kier molecular flexibility index (Phi) is 5.29. The van der Waals surface area contributed by atoms with Gasteiger partial charge in [-0.15, -0.1) is 0 Å². The van der Waals surface area contributed by atoms with Crippen LogP contribution in [0, 0.1) is 0 Å². The highest BCUT2D eigenvalue weighted by atomic mass is 31.2. The first kappa shape index (κ1) is 17.7. The minimum atomic E-state index is -4.35. The summed E-state index contributed by atoms with van der Waals surface area (Å²) in [6, 6.07) is 6.10. The largest absolute Gasteiger partial charge is 0.391 e. The maximum atomic E-state index is 12.9. The van der Waals surface area contributed by atoms with E-state index >= 15 is 0 Å². The quantitative estimate of drug-likeness (QED) is 0.604. The van der Waals surface area contributed by atoms with E-state index < -0.39 is 44.2 Å². The third-order valence-corrected chi connectivity index (χ3v) is 5.60. The maximum absolute atomic E-state index is 12.9. The Morgan fingerprint density at radius 2 is 1.74 bits per heavy atom. The predicted molar refractivity (Wildman–Crippen MR) is 77.9 cm³/mol. The zero-order valence-electron chi connectivity index (χ0n) is 12.3. The van der Waals surface area contributed by atoms with Crippen LogP contribution in [0.1, 0.15) is 27.6 Å². The molecule has 0 saturated heterocycles. The Hall–Kier alpha value is -1.63. The molecule has 1 aromatic rings. The summed E-state index contributed by atoms with van der Waals surface area (Å²) in [5.41, 5.74) is 0.373. The molecule has 0 fully saturated rings. The van der Waals surface area contributed by atoms with E-state index in [4.69, 9.17) is 0 Å². The Bertz CT molecular complexity index is 631. The molecule has 0 aromatic heterocycles. The van der Waals surface area contributed by atoms with Crippen LogP contribution in [0.25, 0.3) is 0 Å². The summed E-state index contributed by atoms with van der Waals surface area (Å²) >= 11 is 0. The maximum Gasteiger partial charge on any atom is 0.312 e. The SMILES string of the molecule is CCOP(=O)(CC(O)CN1C(=O)c2ccccc2C1=O)C(F)F. The molecular weight excluding hydrogens is 331 g/mol. The van der Waals surface area contributed by atoms with Crippen LogP contribution in [-0.4, -0.2) is 53.4 Å². The summed E-state index contributed by atoms with van der Waals surface area (Å²) in [6.07, 6.45) is -5.63. The van der Waals surface area contributed by atoms with Gasteiger partial charge in [0.2, 0.25) is 0 Å². The number of carbonyl (C=O) groups is 2. The average molecular weight is 347 g/mol. The number of carbonyl (C=O) groups excluding carboxylic acids is 2. The summed E-state index contributed by atoms with van der Waals surface area (Å²) in [6.45, 7) is 0.697. The normalized spacial score (nSPS) is 18.2. The molecule has 23 heavy (non-hydrogen) atoms. The number of β-amino-alcohol motifs (C(OH)–C–C–N with tert-alkyl or cyclic N) is 1. The monoisotopic (exact) mass is 347 g/mol. The molecule has 1 aromatic carbocycles. The molecule has 2 rings (SSSR count). The molecule has 6 nitrogen and oxygen atoms in total. The molecule has 2 unspecified atom stereocenters. The number of benzene rings is 1. The van der Waals surface area contributed by atoms with E-state index in [1.54, 1.807) is 12.1 Å². The van der Waals surface area contributed by atoms with Gasteiger partial charge in [0.05, 0.1) is 36.5 Å². The number of alkyl halides is 2. The van der Waals surface area contributed by atoms with Crippen molar-refractivity contribution in [3.8, 4) is 0 Å². The van der Waals surface area contributed by atoms with Gasteiger partial charge in [0, 0.05) is 0 Å². The first-order chi connectivity index (χ1) is 10.8. The molecule has 0 radical (unpaired) electrons. The number of aliphatic hydroxyl groups is 1. The van der Waals surface area contributed by atoms with Gasteiger partial charge in [-0.1, -0.05) is 12.1 Å². The molecule has 2 amide bonds. The molecule has 1 aliphatic heterocycles. The minimum absolute atomic E-state index is 0.187. The number of fused-ring (bicyclic) bond motifs is 1. The van der Waals surface area contributed by atoms with Crippen molar-refractivity contribution in [3.63, 3.8) is 0 Å². The number of aliphatic hydroxyl groups excluding tert-OH is 1. The van der Waals surface area contributed by atoms with Crippen LogP contribution < -0.4 is 0 Å². The Morgan fingerprint density at radius 1 is 1.22 bits per heavy atom. The molecule has 0 spiro atoms. The van der Waals surface area contributed by atoms with E-state index in [0.717, 1.165) is 4.90 Å². The molecule has 0 bridgehead atoms. The smallest absolute Gasteiger partial charge is 0.312 e. The van der Waals surface area contributed by atoms with Crippen molar-refractivity contribution in [2.24, 2.45) is 0 Å². The van der Waals surface area contributed by atoms with E-state index in [2.05, 4.69) is 4.52 Å². The summed E-state index contributed by atoms with van der Waals surface area (Å²) in [5.74, 6) is -1.24. The van der Waals surface area contributed by atoms with Crippen molar-refractivity contribution < 1.29 is 32.6 Å². The number of hydrogen-bond donors (Lipinski definition) is 1. The van der Waals surface area contributed by atoms with Crippen LogP contribution in [0.15, 0.2) is 24.3 Å². The summed E-state index contributed by atoms with van der Waals surface area (Å²) in [5, 5.41) is 9.90. The number of rotatable bonds is 7. The lowest BCUT2D eigenvalue weighted by Gasteiger charge is -2.23. The summed E-state index contributed by atoms with van der Waals surface area (Å²) < 4.78 is 42.3. The number of imide groups is 1. The van der Waals surface area contributed by atoms with Gasteiger partial charge in [-0.05, 0) is 19.1 Å². The summed E-state index contributed by atoms with van der Waals surface area (Å²) in [7, 11) is -4.35. The second kappa shape index (κ2) is 6.86. The fourth-order valence-electron chi connectivity index (χ4n) is 2.37. The molecule has 2 atom stereocenters. The second-order valence-electron chi connectivity index (χ2n) is 5.02. The lowest BCUT2D eigenvalue weighted by Crippen LogP contribution is -2.38. The fraction of sp³-hybridized carbons (Fsp3) is 0.429. The highest BCUT2D eigenvalue weighted by molar-refractivity contribution is 7.59. The summed E-state index contributed by atoms with van der Waals surface area (Å²) in [4.78, 5) is 25.0. The average Bonchev–Trinajstić information content (AvgIpc) is 2.73. The zero-order valence-corrected chi connectivity index (χ0v) is 13.2.